The summed E-state index contributed by atoms with van der Waals surface area (Å²) in [5, 5.41) is 2.75. The van der Waals surface area contributed by atoms with E-state index in [1.54, 1.807) is 31.4 Å². The second kappa shape index (κ2) is 8.80. The van der Waals surface area contributed by atoms with Gasteiger partial charge in [-0.2, -0.15) is 0 Å². The van der Waals surface area contributed by atoms with Crippen molar-refractivity contribution in [1.29, 1.82) is 0 Å². The van der Waals surface area contributed by atoms with Crippen LogP contribution >= 0.6 is 22.6 Å². The second-order valence-electron chi connectivity index (χ2n) is 5.21. The lowest BCUT2D eigenvalue weighted by atomic mass is 10.0. The van der Waals surface area contributed by atoms with Gasteiger partial charge in [0.25, 0.3) is 5.91 Å². The van der Waals surface area contributed by atoms with Gasteiger partial charge in [0.1, 0.15) is 11.6 Å². The zero-order valence-corrected chi connectivity index (χ0v) is 15.9. The maximum absolute atomic E-state index is 13.7. The molecular weight excluding hydrogens is 440 g/mol. The van der Waals surface area contributed by atoms with Crippen LogP contribution in [0, 0.1) is 9.39 Å². The molecule has 0 radical (unpaired) electrons. The summed E-state index contributed by atoms with van der Waals surface area (Å²) < 4.78 is 23.9. The topological polar surface area (TPSA) is 64.6 Å². The molecule has 0 heterocycles. The zero-order chi connectivity index (χ0) is 18.4. The van der Waals surface area contributed by atoms with E-state index in [2.05, 4.69) is 5.32 Å². The van der Waals surface area contributed by atoms with Gasteiger partial charge in [0.2, 0.25) is 0 Å². The number of rotatable bonds is 6. The average molecular weight is 457 g/mol. The van der Waals surface area contributed by atoms with Crippen molar-refractivity contribution in [2.75, 3.05) is 14.2 Å². The molecule has 0 aromatic heterocycles. The van der Waals surface area contributed by atoms with E-state index in [-0.39, 0.29) is 12.0 Å². The van der Waals surface area contributed by atoms with Crippen LogP contribution in [0.4, 0.5) is 4.39 Å². The van der Waals surface area contributed by atoms with Crippen molar-refractivity contribution in [3.63, 3.8) is 0 Å². The third kappa shape index (κ3) is 5.15. The summed E-state index contributed by atoms with van der Waals surface area (Å²) in [6.07, 6.45) is -0.0403. The summed E-state index contributed by atoms with van der Waals surface area (Å²) in [6.45, 7) is 0. The van der Waals surface area contributed by atoms with Gasteiger partial charge in [-0.15, -0.1) is 0 Å². The van der Waals surface area contributed by atoms with Crippen LogP contribution in [-0.4, -0.2) is 26.1 Å². The van der Waals surface area contributed by atoms with Gasteiger partial charge in [0.05, 0.1) is 26.7 Å². The first kappa shape index (κ1) is 19.2. The van der Waals surface area contributed by atoms with Gasteiger partial charge >= 0.3 is 5.97 Å². The fourth-order valence-corrected chi connectivity index (χ4v) is 2.55. The molecule has 2 aromatic rings. The predicted molar refractivity (Wildman–Crippen MR) is 99.0 cm³/mol. The van der Waals surface area contributed by atoms with Gasteiger partial charge in [-0.1, -0.05) is 12.1 Å². The molecule has 0 saturated carbocycles. The average Bonchev–Trinajstić information content (AvgIpc) is 2.63. The Bertz CT molecular complexity index is 764. The fraction of sp³-hybridized carbons (Fsp3) is 0.222. The Morgan fingerprint density at radius 1 is 1.16 bits per heavy atom. The molecule has 5 nitrogen and oxygen atoms in total. The molecule has 0 saturated heterocycles. The Morgan fingerprint density at radius 2 is 1.84 bits per heavy atom. The number of carbonyl (C=O) groups is 2. The van der Waals surface area contributed by atoms with Crippen LogP contribution < -0.4 is 10.1 Å². The Kier molecular flexibility index (Phi) is 6.74. The number of esters is 1. The summed E-state index contributed by atoms with van der Waals surface area (Å²) in [5.41, 5.74) is 0.895. The van der Waals surface area contributed by atoms with Gasteiger partial charge in [0.15, 0.2) is 0 Å². The van der Waals surface area contributed by atoms with Crippen LogP contribution in [0.3, 0.4) is 0 Å². The van der Waals surface area contributed by atoms with Crippen molar-refractivity contribution in [3.8, 4) is 5.75 Å². The lowest BCUT2D eigenvalue weighted by molar-refractivity contribution is -0.141. The molecule has 7 heteroatoms. The number of amides is 1. The van der Waals surface area contributed by atoms with Crippen molar-refractivity contribution in [1.82, 2.24) is 5.32 Å². The van der Waals surface area contributed by atoms with Crippen molar-refractivity contribution in [2.45, 2.75) is 12.5 Å². The molecule has 1 atom stereocenters. The van der Waals surface area contributed by atoms with E-state index in [0.29, 0.717) is 14.9 Å². The van der Waals surface area contributed by atoms with Gasteiger partial charge in [-0.05, 0) is 58.5 Å². The quantitative estimate of drug-likeness (QED) is 0.533. The lowest BCUT2D eigenvalue weighted by Crippen LogP contribution is -2.30. The van der Waals surface area contributed by atoms with Crippen LogP contribution in [0.15, 0.2) is 42.5 Å². The molecule has 0 fully saturated rings. The standard InChI is InChI=1S/C18H17FINO4/c1-24-13-6-3-11(4-7-13)16(10-17(22)25-2)21-18(23)12-5-8-15(20)14(19)9-12/h3-9,16H,10H2,1-2H3,(H,21,23). The number of benzene rings is 2. The summed E-state index contributed by atoms with van der Waals surface area (Å²) in [5.74, 6) is -0.747. The first-order chi connectivity index (χ1) is 11.9. The number of ether oxygens (including phenoxy) is 2. The predicted octanol–water partition coefficient (Wildman–Crippen LogP) is 3.47. The Morgan fingerprint density at radius 3 is 2.40 bits per heavy atom. The molecule has 25 heavy (non-hydrogen) atoms. The number of hydrogen-bond donors (Lipinski definition) is 1. The zero-order valence-electron chi connectivity index (χ0n) is 13.7. The highest BCUT2D eigenvalue weighted by Crippen LogP contribution is 2.22. The van der Waals surface area contributed by atoms with E-state index in [1.165, 1.54) is 25.3 Å². The summed E-state index contributed by atoms with van der Waals surface area (Å²) in [7, 11) is 2.83. The van der Waals surface area contributed by atoms with E-state index < -0.39 is 23.7 Å². The first-order valence-electron chi connectivity index (χ1n) is 7.41. The monoisotopic (exact) mass is 457 g/mol. The number of halogens is 2. The van der Waals surface area contributed by atoms with Crippen molar-refractivity contribution < 1.29 is 23.5 Å². The molecule has 0 aliphatic rings. The molecular formula is C18H17FINO4. The minimum Gasteiger partial charge on any atom is -0.497 e. The Balaban J connectivity index is 2.23. The highest BCUT2D eigenvalue weighted by atomic mass is 127. The summed E-state index contributed by atoms with van der Waals surface area (Å²) in [4.78, 5) is 24.1. The molecule has 1 amide bonds. The molecule has 0 spiro atoms. The molecule has 1 N–H and O–H groups in total. The lowest BCUT2D eigenvalue weighted by Gasteiger charge is -2.18. The van der Waals surface area contributed by atoms with E-state index >= 15 is 0 Å². The molecule has 2 rings (SSSR count). The van der Waals surface area contributed by atoms with E-state index in [4.69, 9.17) is 9.47 Å². The number of hydrogen-bond acceptors (Lipinski definition) is 4. The van der Waals surface area contributed by atoms with Crippen molar-refractivity contribution >= 4 is 34.5 Å². The van der Waals surface area contributed by atoms with Crippen molar-refractivity contribution in [3.05, 3.63) is 63.0 Å². The highest BCUT2D eigenvalue weighted by Gasteiger charge is 2.20. The highest BCUT2D eigenvalue weighted by molar-refractivity contribution is 14.1. The van der Waals surface area contributed by atoms with E-state index in [9.17, 15) is 14.0 Å². The third-order valence-electron chi connectivity index (χ3n) is 3.60. The Hall–Kier alpha value is -2.16. The molecule has 0 aliphatic heterocycles. The smallest absolute Gasteiger partial charge is 0.307 e. The second-order valence-corrected chi connectivity index (χ2v) is 6.37. The van der Waals surface area contributed by atoms with Crippen LogP contribution in [0.2, 0.25) is 0 Å². The Labute approximate surface area is 158 Å². The van der Waals surface area contributed by atoms with Crippen LogP contribution in [0.25, 0.3) is 0 Å². The molecule has 1 unspecified atom stereocenters. The minimum atomic E-state index is -0.604. The molecule has 0 aliphatic carbocycles. The van der Waals surface area contributed by atoms with Crippen molar-refractivity contribution in [2.24, 2.45) is 0 Å². The van der Waals surface area contributed by atoms with Crippen LogP contribution in [0.1, 0.15) is 28.4 Å². The molecule has 132 valence electrons. The summed E-state index contributed by atoms with van der Waals surface area (Å²) >= 11 is 1.85. The van der Waals surface area contributed by atoms with Crippen LogP contribution in [-0.2, 0) is 9.53 Å². The van der Waals surface area contributed by atoms with Gasteiger partial charge in [0, 0.05) is 9.13 Å². The largest absolute Gasteiger partial charge is 0.497 e. The SMILES string of the molecule is COC(=O)CC(NC(=O)c1ccc(I)c(F)c1)c1ccc(OC)cc1. The number of carbonyl (C=O) groups excluding carboxylic acids is 2. The molecule has 2 aromatic carbocycles. The number of nitrogens with one attached hydrogen (secondary N) is 1. The van der Waals surface area contributed by atoms with Gasteiger partial charge < -0.3 is 14.8 Å². The van der Waals surface area contributed by atoms with Gasteiger partial charge in [-0.25, -0.2) is 4.39 Å². The third-order valence-corrected chi connectivity index (χ3v) is 4.48. The fourth-order valence-electron chi connectivity index (χ4n) is 2.22. The first-order valence-corrected chi connectivity index (χ1v) is 8.49. The maximum atomic E-state index is 13.7. The normalized spacial score (nSPS) is 11.5. The van der Waals surface area contributed by atoms with Gasteiger partial charge in [-0.3, -0.25) is 9.59 Å². The minimum absolute atomic E-state index is 0.0403. The van der Waals surface area contributed by atoms with E-state index in [1.807, 2.05) is 22.6 Å². The maximum Gasteiger partial charge on any atom is 0.307 e. The van der Waals surface area contributed by atoms with Crippen LogP contribution in [0.5, 0.6) is 5.75 Å². The van der Waals surface area contributed by atoms with E-state index in [0.717, 1.165) is 0 Å². The summed E-state index contributed by atoms with van der Waals surface area (Å²) in [6, 6.07) is 10.6. The molecule has 0 bridgehead atoms. The number of methoxy groups -OCH3 is 2.